The van der Waals surface area contributed by atoms with Crippen molar-refractivity contribution in [2.24, 2.45) is 5.73 Å². The third kappa shape index (κ3) is 4.18. The molecule has 1 aliphatic rings. The minimum absolute atomic E-state index is 0.00644. The van der Waals surface area contributed by atoms with Crippen LogP contribution in [0.25, 0.3) is 10.8 Å². The van der Waals surface area contributed by atoms with Crippen LogP contribution >= 0.6 is 0 Å². The smallest absolute Gasteiger partial charge is 0.268 e. The van der Waals surface area contributed by atoms with Crippen molar-refractivity contribution < 1.29 is 14.3 Å². The SMILES string of the molecule is CC(C)c1cnc(C(N)=O)c2cnc(Nc3ccnc(N4CC[C@H](O)[C@](C)(F)C4)n3)cc12. The number of nitrogens with zero attached hydrogens (tertiary/aromatic N) is 5. The van der Waals surface area contributed by atoms with Crippen LogP contribution in [0.3, 0.4) is 0 Å². The quantitative estimate of drug-likeness (QED) is 0.553. The number of amides is 1. The fourth-order valence-corrected chi connectivity index (χ4v) is 3.89. The summed E-state index contributed by atoms with van der Waals surface area (Å²) in [7, 11) is 0. The summed E-state index contributed by atoms with van der Waals surface area (Å²) in [5.41, 5.74) is 4.88. The normalized spacial score (nSPS) is 21.2. The summed E-state index contributed by atoms with van der Waals surface area (Å²) >= 11 is 0. The van der Waals surface area contributed by atoms with E-state index in [4.69, 9.17) is 5.73 Å². The van der Waals surface area contributed by atoms with Crippen LogP contribution in [0.1, 0.15) is 49.2 Å². The maximum atomic E-state index is 14.6. The van der Waals surface area contributed by atoms with Gasteiger partial charge in [0.2, 0.25) is 5.95 Å². The molecule has 4 heterocycles. The molecule has 2 atom stereocenters. The lowest BCUT2D eigenvalue weighted by atomic mass is 9.94. The molecule has 1 aliphatic heterocycles. The topological polar surface area (TPSA) is 130 Å². The minimum Gasteiger partial charge on any atom is -0.390 e. The number of aromatic nitrogens is 4. The molecule has 0 spiro atoms. The molecule has 0 bridgehead atoms. The van der Waals surface area contributed by atoms with E-state index in [9.17, 15) is 14.3 Å². The lowest BCUT2D eigenvalue weighted by Crippen LogP contribution is -2.52. The van der Waals surface area contributed by atoms with E-state index in [1.54, 1.807) is 29.6 Å². The van der Waals surface area contributed by atoms with Crippen molar-refractivity contribution in [3.8, 4) is 0 Å². The molecule has 32 heavy (non-hydrogen) atoms. The first-order valence-corrected chi connectivity index (χ1v) is 10.5. The van der Waals surface area contributed by atoms with Crippen molar-refractivity contribution in [2.75, 3.05) is 23.3 Å². The monoisotopic (exact) mass is 439 g/mol. The number of anilines is 3. The number of carbonyl (C=O) groups excluding carboxylic acids is 1. The number of piperidine rings is 1. The number of nitrogens with one attached hydrogen (secondary N) is 1. The predicted octanol–water partition coefficient (Wildman–Crippen LogP) is 2.68. The van der Waals surface area contributed by atoms with Gasteiger partial charge in [-0.2, -0.15) is 4.98 Å². The molecule has 0 radical (unpaired) electrons. The second kappa shape index (κ2) is 8.27. The zero-order valence-corrected chi connectivity index (χ0v) is 18.2. The summed E-state index contributed by atoms with van der Waals surface area (Å²) in [6, 6.07) is 3.52. The van der Waals surface area contributed by atoms with E-state index in [1.807, 2.05) is 19.9 Å². The highest BCUT2D eigenvalue weighted by atomic mass is 19.1. The summed E-state index contributed by atoms with van der Waals surface area (Å²) in [6.07, 6.45) is 4.12. The van der Waals surface area contributed by atoms with Gasteiger partial charge in [-0.1, -0.05) is 13.8 Å². The molecule has 1 amide bonds. The van der Waals surface area contributed by atoms with Crippen LogP contribution in [0.2, 0.25) is 0 Å². The summed E-state index contributed by atoms with van der Waals surface area (Å²) in [6.45, 7) is 5.93. The Morgan fingerprint density at radius 1 is 1.28 bits per heavy atom. The molecule has 4 N–H and O–H groups in total. The Bertz CT molecular complexity index is 1170. The Labute approximate surface area is 184 Å². The highest BCUT2D eigenvalue weighted by molar-refractivity contribution is 6.05. The maximum absolute atomic E-state index is 14.6. The molecule has 3 aromatic rings. The molecule has 1 saturated heterocycles. The van der Waals surface area contributed by atoms with Gasteiger partial charge in [0, 0.05) is 30.5 Å². The molecule has 1 fully saturated rings. The number of aliphatic hydroxyl groups is 1. The Balaban J connectivity index is 1.65. The number of primary amides is 1. The van der Waals surface area contributed by atoms with Crippen LogP contribution in [-0.2, 0) is 0 Å². The van der Waals surface area contributed by atoms with Gasteiger partial charge < -0.3 is 21.1 Å². The molecule has 3 aromatic heterocycles. The first kappa shape index (κ1) is 21.8. The number of nitrogens with two attached hydrogens (primary N) is 1. The van der Waals surface area contributed by atoms with Crippen LogP contribution < -0.4 is 16.0 Å². The average molecular weight is 439 g/mol. The Hall–Kier alpha value is -3.40. The molecule has 0 aliphatic carbocycles. The standard InChI is InChI=1S/C22H26FN7O2/c1-12(2)14-9-27-19(20(24)32)15-10-26-18(8-13(14)15)28-17-4-6-25-21(29-17)30-7-5-16(31)22(3,23)11-30/h4,6,8-10,12,16,31H,5,7,11H2,1-3H3,(H2,24,32)(H,25,26,28,29)/t16-,22+/m0/s1. The van der Waals surface area contributed by atoms with Crippen LogP contribution in [0.5, 0.6) is 0 Å². The number of hydrogen-bond donors (Lipinski definition) is 3. The van der Waals surface area contributed by atoms with Gasteiger partial charge in [0.1, 0.15) is 17.3 Å². The number of halogens is 1. The van der Waals surface area contributed by atoms with Crippen molar-refractivity contribution in [2.45, 2.75) is 44.9 Å². The highest BCUT2D eigenvalue weighted by Crippen LogP contribution is 2.30. The number of alkyl halides is 1. The molecule has 0 saturated carbocycles. The van der Waals surface area contributed by atoms with E-state index in [-0.39, 0.29) is 18.2 Å². The van der Waals surface area contributed by atoms with Gasteiger partial charge in [0.25, 0.3) is 5.91 Å². The third-order valence-corrected chi connectivity index (χ3v) is 5.71. The van der Waals surface area contributed by atoms with Gasteiger partial charge in [-0.3, -0.25) is 9.78 Å². The molecule has 168 valence electrons. The van der Waals surface area contributed by atoms with Crippen LogP contribution in [-0.4, -0.2) is 55.8 Å². The molecule has 9 nitrogen and oxygen atoms in total. The summed E-state index contributed by atoms with van der Waals surface area (Å²) in [5.74, 6) is 0.950. The van der Waals surface area contributed by atoms with E-state index < -0.39 is 17.7 Å². The van der Waals surface area contributed by atoms with E-state index in [2.05, 4.69) is 25.3 Å². The number of hydrogen-bond acceptors (Lipinski definition) is 8. The van der Waals surface area contributed by atoms with E-state index in [1.165, 1.54) is 6.92 Å². The lowest BCUT2D eigenvalue weighted by molar-refractivity contribution is -0.00860. The molecule has 10 heteroatoms. The molecule has 0 aromatic carbocycles. The van der Waals surface area contributed by atoms with Crippen LogP contribution in [0, 0.1) is 0 Å². The van der Waals surface area contributed by atoms with Crippen molar-refractivity contribution in [3.63, 3.8) is 0 Å². The number of rotatable bonds is 5. The summed E-state index contributed by atoms with van der Waals surface area (Å²) in [4.78, 5) is 30.9. The van der Waals surface area contributed by atoms with Gasteiger partial charge in [-0.15, -0.1) is 0 Å². The van der Waals surface area contributed by atoms with E-state index in [0.717, 1.165) is 10.9 Å². The fourth-order valence-electron chi connectivity index (χ4n) is 3.89. The van der Waals surface area contributed by atoms with Crippen molar-refractivity contribution >= 4 is 34.3 Å². The minimum atomic E-state index is -1.73. The lowest BCUT2D eigenvalue weighted by Gasteiger charge is -2.38. The first-order chi connectivity index (χ1) is 15.2. The van der Waals surface area contributed by atoms with Gasteiger partial charge in [0.15, 0.2) is 5.67 Å². The number of aliphatic hydroxyl groups excluding tert-OH is 1. The van der Waals surface area contributed by atoms with Gasteiger partial charge in [-0.25, -0.2) is 14.4 Å². The highest BCUT2D eigenvalue weighted by Gasteiger charge is 2.39. The van der Waals surface area contributed by atoms with Crippen LogP contribution in [0.15, 0.2) is 30.7 Å². The van der Waals surface area contributed by atoms with Gasteiger partial charge in [0.05, 0.1) is 12.6 Å². The molecule has 4 rings (SSSR count). The molecule has 0 unspecified atom stereocenters. The van der Waals surface area contributed by atoms with Crippen molar-refractivity contribution in [1.82, 2.24) is 19.9 Å². The van der Waals surface area contributed by atoms with Crippen molar-refractivity contribution in [1.29, 1.82) is 0 Å². The summed E-state index contributed by atoms with van der Waals surface area (Å²) in [5, 5.41) is 14.4. The first-order valence-electron chi connectivity index (χ1n) is 10.5. The van der Waals surface area contributed by atoms with Crippen LogP contribution in [0.4, 0.5) is 22.0 Å². The number of carbonyl (C=O) groups is 1. The van der Waals surface area contributed by atoms with E-state index >= 15 is 0 Å². The zero-order valence-electron chi connectivity index (χ0n) is 18.2. The largest absolute Gasteiger partial charge is 0.390 e. The molecular weight excluding hydrogens is 413 g/mol. The second-order valence-electron chi connectivity index (χ2n) is 8.57. The predicted molar refractivity (Wildman–Crippen MR) is 120 cm³/mol. The average Bonchev–Trinajstić information content (AvgIpc) is 2.74. The Kier molecular flexibility index (Phi) is 5.64. The second-order valence-corrected chi connectivity index (χ2v) is 8.57. The van der Waals surface area contributed by atoms with E-state index in [0.29, 0.717) is 35.9 Å². The van der Waals surface area contributed by atoms with Gasteiger partial charge in [-0.05, 0) is 42.3 Å². The zero-order chi connectivity index (χ0) is 23.0. The fraction of sp³-hybridized carbons (Fsp3) is 0.409. The number of pyridine rings is 2. The van der Waals surface area contributed by atoms with Gasteiger partial charge >= 0.3 is 0 Å². The third-order valence-electron chi connectivity index (χ3n) is 5.71. The van der Waals surface area contributed by atoms with Crippen molar-refractivity contribution in [3.05, 3.63) is 42.0 Å². The maximum Gasteiger partial charge on any atom is 0.268 e. The Morgan fingerprint density at radius 2 is 2.06 bits per heavy atom. The summed E-state index contributed by atoms with van der Waals surface area (Å²) < 4.78 is 14.6. The Morgan fingerprint density at radius 3 is 2.75 bits per heavy atom. The molecular formula is C22H26FN7O2. The number of fused-ring (bicyclic) bond motifs is 1.